The second kappa shape index (κ2) is 12.3. The number of carbonyl (C=O) groups excluding carboxylic acids is 2. The highest BCUT2D eigenvalue weighted by Gasteiger charge is 2.35. The van der Waals surface area contributed by atoms with Crippen LogP contribution in [0.25, 0.3) is 16.9 Å². The molecular formula is C35H42N6O5. The zero-order chi connectivity index (χ0) is 32.6. The maximum Gasteiger partial charge on any atom is 0.416 e. The van der Waals surface area contributed by atoms with Gasteiger partial charge in [-0.15, -0.1) is 0 Å². The van der Waals surface area contributed by atoms with E-state index in [0.717, 1.165) is 35.2 Å². The van der Waals surface area contributed by atoms with E-state index in [1.165, 1.54) is 0 Å². The van der Waals surface area contributed by atoms with Gasteiger partial charge in [-0.05, 0) is 78.0 Å². The van der Waals surface area contributed by atoms with Crippen molar-refractivity contribution in [2.24, 2.45) is 5.92 Å². The molecule has 0 N–H and O–H groups in total. The Balaban J connectivity index is 1.27. The fourth-order valence-corrected chi connectivity index (χ4v) is 5.30. The van der Waals surface area contributed by atoms with Gasteiger partial charge in [0.15, 0.2) is 5.65 Å². The molecule has 1 saturated heterocycles. The van der Waals surface area contributed by atoms with Crippen molar-refractivity contribution in [1.29, 1.82) is 0 Å². The summed E-state index contributed by atoms with van der Waals surface area (Å²) in [5.41, 5.74) is 3.22. The van der Waals surface area contributed by atoms with Crippen molar-refractivity contribution < 1.29 is 23.8 Å². The van der Waals surface area contributed by atoms with E-state index < -0.39 is 17.3 Å². The molecule has 2 fully saturated rings. The number of likely N-dealkylation sites (tertiary alicyclic amines) is 1. The maximum absolute atomic E-state index is 13.8. The first-order chi connectivity index (χ1) is 21.8. The number of benzene rings is 1. The third-order valence-corrected chi connectivity index (χ3v) is 7.70. The molecule has 2 amide bonds. The molecular weight excluding hydrogens is 584 g/mol. The number of hydrogen-bond donors (Lipinski definition) is 0. The van der Waals surface area contributed by atoms with E-state index in [9.17, 15) is 9.59 Å². The van der Waals surface area contributed by atoms with Gasteiger partial charge in [0.2, 0.25) is 5.88 Å². The van der Waals surface area contributed by atoms with Crippen LogP contribution in [0.1, 0.15) is 71.4 Å². The molecule has 242 valence electrons. The van der Waals surface area contributed by atoms with Gasteiger partial charge in [-0.3, -0.25) is 9.88 Å². The molecule has 4 heterocycles. The lowest BCUT2D eigenvalue weighted by Crippen LogP contribution is -2.53. The molecule has 0 atom stereocenters. The quantitative estimate of drug-likeness (QED) is 0.209. The first-order valence-corrected chi connectivity index (χ1v) is 15.8. The van der Waals surface area contributed by atoms with E-state index in [0.29, 0.717) is 43.0 Å². The summed E-state index contributed by atoms with van der Waals surface area (Å²) in [5.74, 6) is 1.41. The number of aromatic nitrogens is 4. The average molecular weight is 627 g/mol. The molecule has 11 heteroatoms. The minimum absolute atomic E-state index is 0.140. The van der Waals surface area contributed by atoms with Crippen LogP contribution in [0.3, 0.4) is 0 Å². The van der Waals surface area contributed by atoms with Crippen LogP contribution in [0.4, 0.5) is 15.4 Å². The Morgan fingerprint density at radius 2 is 1.67 bits per heavy atom. The monoisotopic (exact) mass is 626 g/mol. The fourth-order valence-electron chi connectivity index (χ4n) is 5.30. The summed E-state index contributed by atoms with van der Waals surface area (Å²) in [4.78, 5) is 38.8. The highest BCUT2D eigenvalue weighted by atomic mass is 16.6. The van der Waals surface area contributed by atoms with Crippen LogP contribution in [0.15, 0.2) is 60.9 Å². The summed E-state index contributed by atoms with van der Waals surface area (Å²) < 4.78 is 19.3. The molecule has 0 radical (unpaired) electrons. The number of pyridine rings is 1. The minimum atomic E-state index is -0.711. The second-order valence-electron chi connectivity index (χ2n) is 14.1. The highest BCUT2D eigenvalue weighted by Crippen LogP contribution is 2.42. The molecule has 1 aliphatic carbocycles. The summed E-state index contributed by atoms with van der Waals surface area (Å²) in [6, 6.07) is 15.5. The van der Waals surface area contributed by atoms with Crippen molar-refractivity contribution in [3.05, 3.63) is 72.1 Å². The molecule has 0 unspecified atom stereocenters. The Morgan fingerprint density at radius 1 is 0.957 bits per heavy atom. The zero-order valence-electron chi connectivity index (χ0n) is 27.4. The van der Waals surface area contributed by atoms with Gasteiger partial charge in [0.1, 0.15) is 17.0 Å². The van der Waals surface area contributed by atoms with Gasteiger partial charge in [-0.25, -0.2) is 9.59 Å². The van der Waals surface area contributed by atoms with Gasteiger partial charge in [-0.1, -0.05) is 30.3 Å². The van der Waals surface area contributed by atoms with Crippen LogP contribution in [-0.4, -0.2) is 67.6 Å². The average Bonchev–Trinajstić information content (AvgIpc) is 3.72. The number of rotatable bonds is 8. The Hall–Kier alpha value is -4.67. The smallest absolute Gasteiger partial charge is 0.416 e. The van der Waals surface area contributed by atoms with Gasteiger partial charge in [-0.2, -0.15) is 14.6 Å². The first kappa shape index (κ1) is 31.3. The van der Waals surface area contributed by atoms with Crippen molar-refractivity contribution in [2.75, 3.05) is 24.6 Å². The Morgan fingerprint density at radius 3 is 2.30 bits per heavy atom. The predicted octanol–water partition coefficient (Wildman–Crippen LogP) is 6.86. The SMILES string of the molecule is CC(C)(C)OC(=O)N1CC(COc2cc(N(Cc3ccc(-c4ccccn4)cc3)C(=O)OC(C)(C)C)n3ncc(C4CC4)c3n2)C1. The number of ether oxygens (including phenoxy) is 3. The summed E-state index contributed by atoms with van der Waals surface area (Å²) in [6.07, 6.45) is 4.93. The third-order valence-electron chi connectivity index (χ3n) is 7.70. The standard InChI is InChI=1S/C35H42N6O5/c1-34(2,3)45-32(42)39-19-24(20-39)22-44-29-17-30(41-31(38-29)27(18-37-41)25-14-15-25)40(33(43)46-35(4,5)6)21-23-10-12-26(13-11-23)28-9-7-8-16-36-28/h7-13,16-18,24-25H,14-15,19-22H2,1-6H3. The molecule has 0 bridgehead atoms. The first-order valence-electron chi connectivity index (χ1n) is 15.8. The lowest BCUT2D eigenvalue weighted by atomic mass is 10.0. The highest BCUT2D eigenvalue weighted by molar-refractivity contribution is 5.87. The summed E-state index contributed by atoms with van der Waals surface area (Å²) in [7, 11) is 0. The van der Waals surface area contributed by atoms with Crippen molar-refractivity contribution in [3.63, 3.8) is 0 Å². The van der Waals surface area contributed by atoms with Crippen molar-refractivity contribution >= 4 is 23.7 Å². The van der Waals surface area contributed by atoms with Gasteiger partial charge in [0, 0.05) is 42.4 Å². The summed E-state index contributed by atoms with van der Waals surface area (Å²) in [6.45, 7) is 12.8. The number of carbonyl (C=O) groups is 2. The number of fused-ring (bicyclic) bond motifs is 1. The van der Waals surface area contributed by atoms with Crippen LogP contribution >= 0.6 is 0 Å². The largest absolute Gasteiger partial charge is 0.477 e. The molecule has 1 saturated carbocycles. The van der Waals surface area contributed by atoms with E-state index >= 15 is 0 Å². The summed E-state index contributed by atoms with van der Waals surface area (Å²) >= 11 is 0. The van der Waals surface area contributed by atoms with Crippen LogP contribution in [-0.2, 0) is 16.0 Å². The number of anilines is 1. The van der Waals surface area contributed by atoms with E-state index in [4.69, 9.17) is 19.2 Å². The number of hydrogen-bond acceptors (Lipinski definition) is 8. The molecule has 4 aromatic rings. The number of nitrogens with zero attached hydrogens (tertiary/aromatic N) is 6. The molecule has 2 aliphatic rings. The van der Waals surface area contributed by atoms with Crippen LogP contribution in [0.2, 0.25) is 0 Å². The van der Waals surface area contributed by atoms with Gasteiger partial charge >= 0.3 is 12.2 Å². The van der Waals surface area contributed by atoms with Crippen molar-refractivity contribution in [2.45, 2.75) is 78.0 Å². The lowest BCUT2D eigenvalue weighted by Gasteiger charge is -2.39. The topological polar surface area (TPSA) is 111 Å². The Bertz CT molecular complexity index is 1700. The van der Waals surface area contributed by atoms with E-state index in [-0.39, 0.29) is 18.6 Å². The third kappa shape index (κ3) is 7.41. The zero-order valence-corrected chi connectivity index (χ0v) is 27.4. The number of amides is 2. The summed E-state index contributed by atoms with van der Waals surface area (Å²) in [5, 5.41) is 4.68. The second-order valence-corrected chi connectivity index (χ2v) is 14.1. The van der Waals surface area contributed by atoms with Crippen molar-refractivity contribution in [3.8, 4) is 17.1 Å². The van der Waals surface area contributed by atoms with Crippen LogP contribution < -0.4 is 9.64 Å². The fraction of sp³-hybridized carbons (Fsp3) is 0.457. The predicted molar refractivity (Wildman–Crippen MR) is 174 cm³/mol. The molecule has 46 heavy (non-hydrogen) atoms. The maximum atomic E-state index is 13.8. The van der Waals surface area contributed by atoms with Gasteiger partial charge in [0.25, 0.3) is 0 Å². The molecule has 3 aromatic heterocycles. The van der Waals surface area contributed by atoms with Gasteiger partial charge in [0.05, 0.1) is 25.0 Å². The van der Waals surface area contributed by atoms with Crippen molar-refractivity contribution in [1.82, 2.24) is 24.5 Å². The lowest BCUT2D eigenvalue weighted by molar-refractivity contribution is -0.00806. The van der Waals surface area contributed by atoms with E-state index in [2.05, 4.69) is 10.1 Å². The normalized spacial score (nSPS) is 15.4. The Kier molecular flexibility index (Phi) is 8.35. The molecule has 1 aliphatic heterocycles. The molecule has 11 nitrogen and oxygen atoms in total. The van der Waals surface area contributed by atoms with E-state index in [1.54, 1.807) is 26.6 Å². The van der Waals surface area contributed by atoms with Crippen LogP contribution in [0.5, 0.6) is 5.88 Å². The molecule has 6 rings (SSSR count). The van der Waals surface area contributed by atoms with Crippen LogP contribution in [0, 0.1) is 5.92 Å². The Labute approximate surface area is 269 Å². The molecule has 1 aromatic carbocycles. The minimum Gasteiger partial charge on any atom is -0.477 e. The molecule has 0 spiro atoms. The van der Waals surface area contributed by atoms with Gasteiger partial charge < -0.3 is 19.1 Å². The van der Waals surface area contributed by atoms with E-state index in [1.807, 2.05) is 90.2 Å².